The van der Waals surface area contributed by atoms with E-state index in [2.05, 4.69) is 20.1 Å². The molecule has 2 aromatic heterocycles. The second-order valence-corrected chi connectivity index (χ2v) is 8.12. The molecule has 176 valence electrons. The summed E-state index contributed by atoms with van der Waals surface area (Å²) in [6, 6.07) is 23.0. The molecular weight excluding hydrogens is 444 g/mol. The molecule has 5 rings (SSSR count). The van der Waals surface area contributed by atoms with Gasteiger partial charge in [0.1, 0.15) is 12.2 Å². The van der Waals surface area contributed by atoms with E-state index in [4.69, 9.17) is 9.15 Å². The van der Waals surface area contributed by atoms with Gasteiger partial charge in [-0.05, 0) is 46.8 Å². The third-order valence-electron chi connectivity index (χ3n) is 5.73. The number of carbonyl (C=O) groups is 1. The van der Waals surface area contributed by atoms with Crippen molar-refractivity contribution in [2.24, 2.45) is 0 Å². The van der Waals surface area contributed by atoms with Crippen LogP contribution >= 0.6 is 0 Å². The Bertz CT molecular complexity index is 1470. The van der Waals surface area contributed by atoms with Crippen LogP contribution in [0.2, 0.25) is 0 Å². The van der Waals surface area contributed by atoms with Gasteiger partial charge in [0.05, 0.1) is 24.8 Å². The minimum Gasteiger partial charge on any atom is -0.496 e. The van der Waals surface area contributed by atoms with Crippen molar-refractivity contribution in [2.45, 2.75) is 19.6 Å². The van der Waals surface area contributed by atoms with Gasteiger partial charge in [0, 0.05) is 18.4 Å². The Balaban J connectivity index is 1.28. The van der Waals surface area contributed by atoms with Gasteiger partial charge in [-0.15, -0.1) is 10.2 Å². The predicted molar refractivity (Wildman–Crippen MR) is 132 cm³/mol. The highest BCUT2D eigenvalue weighted by molar-refractivity contribution is 5.94. The average molecular weight is 469 g/mol. The highest BCUT2D eigenvalue weighted by Gasteiger charge is 2.16. The SMILES string of the molecule is COc1ccccc1-c1nnc(CC(=O)Nc2ccc3ccn(Cc4ccc(CO)cc4)c3c2)o1. The second kappa shape index (κ2) is 9.82. The van der Waals surface area contributed by atoms with E-state index in [9.17, 15) is 9.90 Å². The van der Waals surface area contributed by atoms with Gasteiger partial charge in [-0.25, -0.2) is 0 Å². The summed E-state index contributed by atoms with van der Waals surface area (Å²) in [5.74, 6) is 0.890. The third-order valence-corrected chi connectivity index (χ3v) is 5.73. The number of rotatable bonds is 8. The lowest BCUT2D eigenvalue weighted by Gasteiger charge is -2.09. The van der Waals surface area contributed by atoms with Crippen LogP contribution in [0.15, 0.2) is 83.4 Å². The van der Waals surface area contributed by atoms with Crippen molar-refractivity contribution in [3.8, 4) is 17.2 Å². The number of methoxy groups -OCH3 is 1. The zero-order valence-electron chi connectivity index (χ0n) is 19.1. The number of nitrogens with one attached hydrogen (secondary N) is 1. The summed E-state index contributed by atoms with van der Waals surface area (Å²) in [6.07, 6.45) is 1.98. The van der Waals surface area contributed by atoms with Crippen LogP contribution in [-0.2, 0) is 24.4 Å². The molecule has 2 N–H and O–H groups in total. The molecule has 0 fully saturated rings. The maximum Gasteiger partial charge on any atom is 0.251 e. The Labute approximate surface area is 201 Å². The molecule has 0 bridgehead atoms. The summed E-state index contributed by atoms with van der Waals surface area (Å²) < 4.78 is 13.2. The zero-order chi connectivity index (χ0) is 24.2. The van der Waals surface area contributed by atoms with Crippen LogP contribution in [0.3, 0.4) is 0 Å². The maximum absolute atomic E-state index is 12.7. The molecule has 35 heavy (non-hydrogen) atoms. The molecular formula is C27H24N4O4. The summed E-state index contributed by atoms with van der Waals surface area (Å²) in [5, 5.41) is 21.3. The number of aliphatic hydroxyl groups is 1. The van der Waals surface area contributed by atoms with E-state index in [0.717, 1.165) is 22.0 Å². The first-order valence-electron chi connectivity index (χ1n) is 11.2. The highest BCUT2D eigenvalue weighted by Crippen LogP contribution is 2.28. The fourth-order valence-corrected chi connectivity index (χ4v) is 3.94. The lowest BCUT2D eigenvalue weighted by Crippen LogP contribution is -2.14. The molecule has 3 aromatic carbocycles. The third kappa shape index (κ3) is 4.92. The number of ether oxygens (including phenoxy) is 1. The number of nitrogens with zero attached hydrogens (tertiary/aromatic N) is 3. The minimum atomic E-state index is -0.253. The van der Waals surface area contributed by atoms with Gasteiger partial charge >= 0.3 is 0 Å². The first-order chi connectivity index (χ1) is 17.1. The van der Waals surface area contributed by atoms with E-state index in [1.54, 1.807) is 7.11 Å². The highest BCUT2D eigenvalue weighted by atomic mass is 16.5. The van der Waals surface area contributed by atoms with Gasteiger partial charge < -0.3 is 24.1 Å². The molecule has 1 amide bonds. The smallest absolute Gasteiger partial charge is 0.251 e. The van der Waals surface area contributed by atoms with Crippen LogP contribution in [0.1, 0.15) is 17.0 Å². The minimum absolute atomic E-state index is 0.0289. The normalized spacial score (nSPS) is 11.0. The number of carbonyl (C=O) groups excluding carboxylic acids is 1. The molecule has 0 radical (unpaired) electrons. The van der Waals surface area contributed by atoms with Crippen molar-refractivity contribution in [3.63, 3.8) is 0 Å². The van der Waals surface area contributed by atoms with E-state index in [0.29, 0.717) is 29.4 Å². The van der Waals surface area contributed by atoms with E-state index < -0.39 is 0 Å². The summed E-state index contributed by atoms with van der Waals surface area (Å²) in [6.45, 7) is 0.710. The monoisotopic (exact) mass is 468 g/mol. The van der Waals surface area contributed by atoms with E-state index in [-0.39, 0.29) is 24.8 Å². The van der Waals surface area contributed by atoms with Gasteiger partial charge in [0.15, 0.2) is 0 Å². The maximum atomic E-state index is 12.7. The Morgan fingerprint density at radius 1 is 1.03 bits per heavy atom. The molecule has 0 saturated carbocycles. The van der Waals surface area contributed by atoms with Crippen LogP contribution in [0.4, 0.5) is 5.69 Å². The Hall–Kier alpha value is -4.43. The van der Waals surface area contributed by atoms with Gasteiger partial charge in [-0.2, -0.15) is 0 Å². The number of aliphatic hydroxyl groups excluding tert-OH is 1. The molecule has 0 atom stereocenters. The van der Waals surface area contributed by atoms with Crippen molar-refractivity contribution in [2.75, 3.05) is 12.4 Å². The molecule has 0 aliphatic carbocycles. The van der Waals surface area contributed by atoms with Crippen molar-refractivity contribution in [1.29, 1.82) is 0 Å². The molecule has 2 heterocycles. The van der Waals surface area contributed by atoms with E-state index in [1.807, 2.05) is 79.0 Å². The summed E-state index contributed by atoms with van der Waals surface area (Å²) in [7, 11) is 1.57. The Morgan fingerprint density at radius 2 is 1.83 bits per heavy atom. The first kappa shape index (κ1) is 22.4. The van der Waals surface area contributed by atoms with Crippen LogP contribution in [0, 0.1) is 0 Å². The van der Waals surface area contributed by atoms with Crippen LogP contribution in [0.5, 0.6) is 5.75 Å². The van der Waals surface area contributed by atoms with Crippen molar-refractivity contribution in [3.05, 3.63) is 96.0 Å². The molecule has 8 heteroatoms. The van der Waals surface area contributed by atoms with Crippen molar-refractivity contribution >= 4 is 22.5 Å². The van der Waals surface area contributed by atoms with Crippen LogP contribution in [0.25, 0.3) is 22.4 Å². The van der Waals surface area contributed by atoms with Gasteiger partial charge in [-0.3, -0.25) is 4.79 Å². The topological polar surface area (TPSA) is 102 Å². The molecule has 0 unspecified atom stereocenters. The number of hydrogen-bond donors (Lipinski definition) is 2. The molecule has 8 nitrogen and oxygen atoms in total. The van der Waals surface area contributed by atoms with Crippen LogP contribution in [-0.4, -0.2) is 32.9 Å². The lowest BCUT2D eigenvalue weighted by atomic mass is 10.1. The molecule has 5 aromatic rings. The van der Waals surface area contributed by atoms with Crippen molar-refractivity contribution < 1.29 is 19.1 Å². The van der Waals surface area contributed by atoms with E-state index in [1.165, 1.54) is 0 Å². The van der Waals surface area contributed by atoms with E-state index >= 15 is 0 Å². The van der Waals surface area contributed by atoms with Crippen molar-refractivity contribution in [1.82, 2.24) is 14.8 Å². The fourth-order valence-electron chi connectivity index (χ4n) is 3.94. The molecule has 0 saturated heterocycles. The fraction of sp³-hybridized carbons (Fsp3) is 0.148. The Morgan fingerprint density at radius 3 is 2.63 bits per heavy atom. The predicted octanol–water partition coefficient (Wildman–Crippen LogP) is 4.42. The largest absolute Gasteiger partial charge is 0.496 e. The van der Waals surface area contributed by atoms with Gasteiger partial charge in [0.2, 0.25) is 11.8 Å². The summed E-state index contributed by atoms with van der Waals surface area (Å²) >= 11 is 0. The quantitative estimate of drug-likeness (QED) is 0.350. The average Bonchev–Trinajstić information content (AvgIpc) is 3.51. The Kier molecular flexibility index (Phi) is 6.28. The van der Waals surface area contributed by atoms with Gasteiger partial charge in [-0.1, -0.05) is 42.5 Å². The zero-order valence-corrected chi connectivity index (χ0v) is 19.1. The standard InChI is InChI=1S/C27H24N4O4/c1-34-24-5-3-2-4-22(24)27-30-29-26(35-27)15-25(33)28-21-11-10-20-12-13-31(23(20)14-21)16-18-6-8-19(17-32)9-7-18/h2-14,32H,15-17H2,1H3,(H,28,33). The summed E-state index contributed by atoms with van der Waals surface area (Å²) in [4.78, 5) is 12.7. The number of benzene rings is 3. The molecule has 0 spiro atoms. The van der Waals surface area contributed by atoms with Crippen LogP contribution < -0.4 is 10.1 Å². The summed E-state index contributed by atoms with van der Waals surface area (Å²) in [5.41, 5.74) is 4.36. The lowest BCUT2D eigenvalue weighted by molar-refractivity contribution is -0.115. The number of aromatic nitrogens is 3. The molecule has 0 aliphatic rings. The number of amides is 1. The number of anilines is 1. The second-order valence-electron chi connectivity index (χ2n) is 8.12. The first-order valence-corrected chi connectivity index (χ1v) is 11.2. The number of para-hydroxylation sites is 1. The number of hydrogen-bond acceptors (Lipinski definition) is 6. The van der Waals surface area contributed by atoms with Gasteiger partial charge in [0.25, 0.3) is 5.89 Å². The molecule has 0 aliphatic heterocycles. The number of fused-ring (bicyclic) bond motifs is 1.